The molecule has 1 aromatic carbocycles. The van der Waals surface area contributed by atoms with E-state index in [-0.39, 0.29) is 47.8 Å². The number of benzene rings is 1. The molecule has 0 spiro atoms. The fourth-order valence-corrected chi connectivity index (χ4v) is 5.49. The van der Waals surface area contributed by atoms with Crippen LogP contribution in [0, 0.1) is 5.92 Å². The molecule has 0 N–H and O–H groups in total. The highest BCUT2D eigenvalue weighted by atomic mass is 32.2. The van der Waals surface area contributed by atoms with Gasteiger partial charge in [-0.15, -0.1) is 0 Å². The Bertz CT molecular complexity index is 791. The molecule has 2 heterocycles. The number of amides is 1. The van der Waals surface area contributed by atoms with Crippen LogP contribution in [0.2, 0.25) is 0 Å². The van der Waals surface area contributed by atoms with E-state index in [1.54, 1.807) is 0 Å². The molecular weight excluding hydrogens is 359 g/mol. The third-order valence-electron chi connectivity index (χ3n) is 4.48. The smallest absolute Gasteiger partial charge is 0.416 e. The summed E-state index contributed by atoms with van der Waals surface area (Å²) in [6.45, 7) is 2.14. The average molecular weight is 377 g/mol. The molecule has 2 saturated heterocycles. The average Bonchev–Trinajstić information content (AvgIpc) is 2.94. The van der Waals surface area contributed by atoms with Crippen LogP contribution in [0.5, 0.6) is 5.75 Å². The number of hydrogen-bond donors (Lipinski definition) is 0. The summed E-state index contributed by atoms with van der Waals surface area (Å²) in [5, 5.41) is 0. The van der Waals surface area contributed by atoms with E-state index in [4.69, 9.17) is 4.74 Å². The molecule has 2 aliphatic heterocycles. The minimum atomic E-state index is -4.57. The summed E-state index contributed by atoms with van der Waals surface area (Å²) in [5.74, 6) is -0.929. The Morgan fingerprint density at radius 1 is 1.28 bits per heavy atom. The third kappa shape index (κ3) is 3.47. The first-order valence-electron chi connectivity index (χ1n) is 7.99. The standard InChI is InChI=1S/C16H18F3NO4S/c1-2-5-24-14-4-3-11(16(17,18)19)7-12(14)20-13-9-25(22,23)8-10(13)6-15(20)21/h3-4,7,10,13H,2,5-6,8-9H2,1H3/t10-,13+/m0/s1. The summed E-state index contributed by atoms with van der Waals surface area (Å²) in [4.78, 5) is 13.6. The number of sulfone groups is 1. The van der Waals surface area contributed by atoms with E-state index < -0.39 is 27.6 Å². The van der Waals surface area contributed by atoms with Gasteiger partial charge in [-0.2, -0.15) is 13.2 Å². The number of alkyl halides is 3. The van der Waals surface area contributed by atoms with Crippen LogP contribution in [-0.4, -0.2) is 38.5 Å². The highest BCUT2D eigenvalue weighted by Crippen LogP contribution is 2.43. The fourth-order valence-electron chi connectivity index (χ4n) is 3.42. The van der Waals surface area contributed by atoms with Gasteiger partial charge in [0.05, 0.1) is 35.4 Å². The summed E-state index contributed by atoms with van der Waals surface area (Å²) >= 11 is 0. The van der Waals surface area contributed by atoms with Crippen LogP contribution in [0.25, 0.3) is 0 Å². The second-order valence-electron chi connectivity index (χ2n) is 6.40. The molecule has 3 rings (SSSR count). The molecule has 0 aromatic heterocycles. The minimum Gasteiger partial charge on any atom is -0.491 e. The lowest BCUT2D eigenvalue weighted by atomic mass is 10.0. The maximum absolute atomic E-state index is 13.1. The van der Waals surface area contributed by atoms with Gasteiger partial charge in [0.25, 0.3) is 0 Å². The van der Waals surface area contributed by atoms with E-state index >= 15 is 0 Å². The van der Waals surface area contributed by atoms with Gasteiger partial charge in [0.2, 0.25) is 5.91 Å². The fraction of sp³-hybridized carbons (Fsp3) is 0.562. The Balaban J connectivity index is 2.05. The maximum atomic E-state index is 13.1. The van der Waals surface area contributed by atoms with E-state index in [0.717, 1.165) is 12.1 Å². The number of rotatable bonds is 4. The maximum Gasteiger partial charge on any atom is 0.416 e. The number of fused-ring (bicyclic) bond motifs is 1. The molecule has 0 saturated carbocycles. The molecule has 0 bridgehead atoms. The minimum absolute atomic E-state index is 0.00197. The van der Waals surface area contributed by atoms with Gasteiger partial charge in [-0.3, -0.25) is 4.79 Å². The first-order valence-corrected chi connectivity index (χ1v) is 9.81. The van der Waals surface area contributed by atoms with Gasteiger partial charge < -0.3 is 9.64 Å². The number of nitrogens with zero attached hydrogens (tertiary/aromatic N) is 1. The van der Waals surface area contributed by atoms with E-state index in [9.17, 15) is 26.4 Å². The van der Waals surface area contributed by atoms with Crippen molar-refractivity contribution in [2.24, 2.45) is 5.92 Å². The molecule has 138 valence electrons. The van der Waals surface area contributed by atoms with Crippen LogP contribution >= 0.6 is 0 Å². The van der Waals surface area contributed by atoms with E-state index in [1.165, 1.54) is 11.0 Å². The van der Waals surface area contributed by atoms with Crippen molar-refractivity contribution in [2.75, 3.05) is 23.0 Å². The van der Waals surface area contributed by atoms with Crippen molar-refractivity contribution in [1.82, 2.24) is 0 Å². The van der Waals surface area contributed by atoms with Crippen molar-refractivity contribution in [3.8, 4) is 5.75 Å². The number of carbonyl (C=O) groups is 1. The Hall–Kier alpha value is -1.77. The Kier molecular flexibility index (Phi) is 4.47. The van der Waals surface area contributed by atoms with Gasteiger partial charge in [-0.25, -0.2) is 8.42 Å². The van der Waals surface area contributed by atoms with Gasteiger partial charge in [-0.05, 0) is 24.6 Å². The summed E-state index contributed by atoms with van der Waals surface area (Å²) in [6.07, 6.45) is -3.90. The number of anilines is 1. The van der Waals surface area contributed by atoms with Gasteiger partial charge in [-0.1, -0.05) is 6.92 Å². The molecule has 25 heavy (non-hydrogen) atoms. The predicted molar refractivity (Wildman–Crippen MR) is 85.3 cm³/mol. The SMILES string of the molecule is CCCOc1ccc(C(F)(F)F)cc1N1C(=O)C[C@H]2CS(=O)(=O)C[C@H]21. The Morgan fingerprint density at radius 3 is 2.64 bits per heavy atom. The molecule has 1 amide bonds. The summed E-state index contributed by atoms with van der Waals surface area (Å²) in [7, 11) is -3.30. The third-order valence-corrected chi connectivity index (χ3v) is 6.27. The van der Waals surface area contributed by atoms with Crippen molar-refractivity contribution >= 4 is 21.4 Å². The molecule has 2 aliphatic rings. The molecule has 2 atom stereocenters. The Morgan fingerprint density at radius 2 is 2.00 bits per heavy atom. The van der Waals surface area contributed by atoms with Gasteiger partial charge in [0.1, 0.15) is 5.75 Å². The lowest BCUT2D eigenvalue weighted by Gasteiger charge is -2.26. The summed E-state index contributed by atoms with van der Waals surface area (Å²) in [6, 6.07) is 2.33. The van der Waals surface area contributed by atoms with E-state index in [2.05, 4.69) is 0 Å². The zero-order chi connectivity index (χ0) is 18.4. The molecule has 5 nitrogen and oxygen atoms in total. The largest absolute Gasteiger partial charge is 0.491 e. The monoisotopic (exact) mass is 377 g/mol. The molecule has 0 unspecified atom stereocenters. The predicted octanol–water partition coefficient (Wildman–Crippen LogP) is 2.64. The number of ether oxygens (including phenoxy) is 1. The molecule has 0 radical (unpaired) electrons. The van der Waals surface area contributed by atoms with Gasteiger partial charge in [0, 0.05) is 12.3 Å². The van der Waals surface area contributed by atoms with Crippen molar-refractivity contribution in [1.29, 1.82) is 0 Å². The molecule has 1 aromatic rings. The molecular formula is C16H18F3NO4S. The quantitative estimate of drug-likeness (QED) is 0.809. The number of halogens is 3. The highest BCUT2D eigenvalue weighted by molar-refractivity contribution is 7.91. The van der Waals surface area contributed by atoms with Crippen LogP contribution < -0.4 is 9.64 Å². The summed E-state index contributed by atoms with van der Waals surface area (Å²) < 4.78 is 68.5. The molecule has 0 aliphatic carbocycles. The van der Waals surface area contributed by atoms with Crippen molar-refractivity contribution < 1.29 is 31.1 Å². The zero-order valence-corrected chi connectivity index (χ0v) is 14.4. The summed E-state index contributed by atoms with van der Waals surface area (Å²) in [5.41, 5.74) is -0.902. The highest BCUT2D eigenvalue weighted by Gasteiger charge is 2.50. The van der Waals surface area contributed by atoms with E-state index in [0.29, 0.717) is 6.42 Å². The lowest BCUT2D eigenvalue weighted by molar-refractivity contribution is -0.137. The van der Waals surface area contributed by atoms with Crippen molar-refractivity contribution in [3.05, 3.63) is 23.8 Å². The van der Waals surface area contributed by atoms with Gasteiger partial charge in [0.15, 0.2) is 9.84 Å². The Labute approximate surface area is 143 Å². The molecule has 9 heteroatoms. The van der Waals surface area contributed by atoms with Crippen LogP contribution in [0.4, 0.5) is 18.9 Å². The second kappa shape index (κ2) is 6.19. The first-order chi connectivity index (χ1) is 11.6. The molecule has 2 fully saturated rings. The van der Waals surface area contributed by atoms with Crippen LogP contribution in [0.15, 0.2) is 18.2 Å². The van der Waals surface area contributed by atoms with Crippen LogP contribution in [0.1, 0.15) is 25.3 Å². The lowest BCUT2D eigenvalue weighted by Crippen LogP contribution is -2.36. The topological polar surface area (TPSA) is 63.7 Å². The normalized spacial score (nSPS) is 25.3. The second-order valence-corrected chi connectivity index (χ2v) is 8.55. The van der Waals surface area contributed by atoms with Crippen molar-refractivity contribution in [2.45, 2.75) is 32.0 Å². The first kappa shape index (κ1) is 18.0. The number of hydrogen-bond acceptors (Lipinski definition) is 4. The van der Waals surface area contributed by atoms with Gasteiger partial charge >= 0.3 is 6.18 Å². The van der Waals surface area contributed by atoms with E-state index in [1.807, 2.05) is 6.92 Å². The van der Waals surface area contributed by atoms with Crippen molar-refractivity contribution in [3.63, 3.8) is 0 Å². The van der Waals surface area contributed by atoms with Crippen LogP contribution in [0.3, 0.4) is 0 Å². The van der Waals surface area contributed by atoms with Crippen LogP contribution in [-0.2, 0) is 20.8 Å². The number of carbonyl (C=O) groups excluding carboxylic acids is 1. The zero-order valence-electron chi connectivity index (χ0n) is 13.5.